The van der Waals surface area contributed by atoms with Gasteiger partial charge in [-0.1, -0.05) is 24.3 Å². The van der Waals surface area contributed by atoms with Crippen LogP contribution in [0.4, 0.5) is 11.4 Å². The van der Waals surface area contributed by atoms with E-state index >= 15 is 0 Å². The van der Waals surface area contributed by atoms with Gasteiger partial charge in [0.1, 0.15) is 5.69 Å². The van der Waals surface area contributed by atoms with Crippen LogP contribution >= 0.6 is 0 Å². The number of phenols is 1. The third kappa shape index (κ3) is 3.87. The van der Waals surface area contributed by atoms with Gasteiger partial charge in [-0.3, -0.25) is 9.89 Å². The van der Waals surface area contributed by atoms with Crippen molar-refractivity contribution in [3.8, 4) is 11.4 Å². The number of aromatic nitrogens is 2. The van der Waals surface area contributed by atoms with Crippen molar-refractivity contribution in [1.82, 2.24) is 9.78 Å². The minimum absolute atomic E-state index is 0.122. The normalized spacial score (nSPS) is 15.3. The highest BCUT2D eigenvalue weighted by Crippen LogP contribution is 2.38. The van der Waals surface area contributed by atoms with Crippen LogP contribution in [0.1, 0.15) is 41.6 Å². The monoisotopic (exact) mass is 456 g/mol. The lowest BCUT2D eigenvalue weighted by molar-refractivity contribution is -0.132. The van der Waals surface area contributed by atoms with Crippen LogP contribution in [0.3, 0.4) is 0 Å². The van der Waals surface area contributed by atoms with E-state index in [0.29, 0.717) is 23.3 Å². The van der Waals surface area contributed by atoms with Gasteiger partial charge in [0.25, 0.3) is 5.56 Å². The van der Waals surface area contributed by atoms with E-state index in [-0.39, 0.29) is 28.3 Å². The maximum atomic E-state index is 13.1. The predicted molar refractivity (Wildman–Crippen MR) is 128 cm³/mol. The largest absolute Gasteiger partial charge is 0.505 e. The summed E-state index contributed by atoms with van der Waals surface area (Å²) in [6.07, 6.45) is 8.00. The molecule has 1 aromatic heterocycles. The number of benzene rings is 2. The Morgan fingerprint density at radius 2 is 1.88 bits per heavy atom. The quantitative estimate of drug-likeness (QED) is 0.453. The molecule has 0 spiro atoms. The second-order valence-corrected chi connectivity index (χ2v) is 8.60. The Hall–Kier alpha value is -4.20. The van der Waals surface area contributed by atoms with Crippen molar-refractivity contribution in [2.75, 3.05) is 0 Å². The third-order valence-electron chi connectivity index (χ3n) is 6.36. The van der Waals surface area contributed by atoms with Gasteiger partial charge in [0.05, 0.1) is 11.4 Å². The lowest BCUT2D eigenvalue weighted by Crippen LogP contribution is -2.15. The number of aryl methyl sites for hydroxylation is 3. The van der Waals surface area contributed by atoms with Crippen molar-refractivity contribution in [3.05, 3.63) is 86.9 Å². The van der Waals surface area contributed by atoms with E-state index < -0.39 is 5.97 Å². The molecule has 1 heterocycles. The highest BCUT2D eigenvalue weighted by Gasteiger charge is 2.18. The lowest BCUT2D eigenvalue weighted by Gasteiger charge is -2.16. The summed E-state index contributed by atoms with van der Waals surface area (Å²) < 4.78 is 1.47. The van der Waals surface area contributed by atoms with Gasteiger partial charge >= 0.3 is 5.97 Å². The van der Waals surface area contributed by atoms with E-state index in [1.807, 2.05) is 6.07 Å². The molecule has 2 aliphatic rings. The van der Waals surface area contributed by atoms with Crippen LogP contribution in [0.15, 0.2) is 69.1 Å². The highest BCUT2D eigenvalue weighted by atomic mass is 16.4. The van der Waals surface area contributed by atoms with Crippen LogP contribution < -0.4 is 5.56 Å². The van der Waals surface area contributed by atoms with Crippen LogP contribution in [0.5, 0.6) is 5.75 Å². The number of aliphatic carboxylic acids is 1. The Kier molecular flexibility index (Phi) is 5.49. The Labute approximate surface area is 195 Å². The average Bonchev–Trinajstić information content (AvgIpc) is 3.43. The van der Waals surface area contributed by atoms with Crippen molar-refractivity contribution >= 4 is 22.9 Å². The maximum absolute atomic E-state index is 13.1. The number of aromatic amines is 1. The summed E-state index contributed by atoms with van der Waals surface area (Å²) in [5.41, 5.74) is 5.30. The second-order valence-electron chi connectivity index (χ2n) is 8.60. The van der Waals surface area contributed by atoms with Crippen LogP contribution in [0, 0.1) is 6.92 Å². The Bertz CT molecular complexity index is 1460. The van der Waals surface area contributed by atoms with Crippen LogP contribution in [-0.4, -0.2) is 26.0 Å². The fourth-order valence-electron chi connectivity index (χ4n) is 4.51. The molecule has 2 aliphatic carbocycles. The van der Waals surface area contributed by atoms with Crippen molar-refractivity contribution < 1.29 is 15.0 Å². The van der Waals surface area contributed by atoms with Gasteiger partial charge in [-0.2, -0.15) is 0 Å². The van der Waals surface area contributed by atoms with E-state index in [4.69, 9.17) is 0 Å². The number of carboxylic acids is 1. The fraction of sp³-hybridized carbons (Fsp3) is 0.231. The summed E-state index contributed by atoms with van der Waals surface area (Å²) >= 11 is 0. The van der Waals surface area contributed by atoms with Gasteiger partial charge in [0.15, 0.2) is 11.4 Å². The van der Waals surface area contributed by atoms with Gasteiger partial charge in [-0.05, 0) is 80.0 Å². The zero-order valence-corrected chi connectivity index (χ0v) is 18.7. The number of para-hydroxylation sites is 1. The first kappa shape index (κ1) is 21.6. The molecule has 2 aromatic carbocycles. The number of allylic oxidation sites excluding steroid dienone is 3. The van der Waals surface area contributed by atoms with Crippen LogP contribution in [0.25, 0.3) is 11.3 Å². The van der Waals surface area contributed by atoms with Gasteiger partial charge in [0.2, 0.25) is 0 Å². The topological polar surface area (TPSA) is 120 Å². The molecule has 8 heteroatoms. The Balaban J connectivity index is 1.46. The molecule has 0 aliphatic heterocycles. The molecule has 5 rings (SSSR count). The number of fused-ring (bicyclic) bond motifs is 1. The fourth-order valence-corrected chi connectivity index (χ4v) is 4.51. The summed E-state index contributed by atoms with van der Waals surface area (Å²) in [5, 5.41) is 31.3. The molecule has 172 valence electrons. The number of carboxylic acid groups (broad SMARTS) is 1. The minimum Gasteiger partial charge on any atom is -0.505 e. The minimum atomic E-state index is -0.986. The third-order valence-corrected chi connectivity index (χ3v) is 6.36. The Morgan fingerprint density at radius 1 is 1.09 bits per heavy atom. The van der Waals surface area contributed by atoms with E-state index in [1.54, 1.807) is 31.2 Å². The number of nitrogens with zero attached hydrogens (tertiary/aromatic N) is 3. The molecule has 0 unspecified atom stereocenters. The number of nitrogens with one attached hydrogen (secondary N) is 1. The van der Waals surface area contributed by atoms with Gasteiger partial charge in [0, 0.05) is 11.1 Å². The molecule has 0 saturated heterocycles. The first-order chi connectivity index (χ1) is 16.4. The molecule has 34 heavy (non-hydrogen) atoms. The van der Waals surface area contributed by atoms with E-state index in [9.17, 15) is 19.8 Å². The smallest absolute Gasteiger partial charge is 0.331 e. The summed E-state index contributed by atoms with van der Waals surface area (Å²) in [6, 6.07) is 11.0. The molecule has 0 fully saturated rings. The number of hydrogen-bond donors (Lipinski definition) is 3. The number of phenolic OH excluding ortho intramolecular Hbond substituents is 1. The zero-order valence-electron chi connectivity index (χ0n) is 18.7. The molecule has 0 radical (unpaired) electrons. The van der Waals surface area contributed by atoms with Crippen molar-refractivity contribution in [3.63, 3.8) is 0 Å². The zero-order chi connectivity index (χ0) is 23.8. The summed E-state index contributed by atoms with van der Waals surface area (Å²) in [7, 11) is 0. The van der Waals surface area contributed by atoms with Crippen LogP contribution in [-0.2, 0) is 17.6 Å². The number of carbonyl (C=O) groups is 1. The van der Waals surface area contributed by atoms with E-state index in [2.05, 4.69) is 27.5 Å². The number of rotatable bonds is 5. The molecule has 0 bridgehead atoms. The second kappa shape index (κ2) is 8.62. The predicted octanol–water partition coefficient (Wildman–Crippen LogP) is 5.27. The standard InChI is InChI=1S/C26H24N4O4/c1-15-23(25(32)30(29-15)20-12-11-16-5-2-3-6-17(16)14-20)28-27-22-8-4-7-21(24(22)31)18-9-10-19(13-18)26(33)34/h4,7-9,11-14,29,31H,2-3,5-6,10H2,1H3,(H,33,34). The number of H-pyrrole nitrogens is 1. The summed E-state index contributed by atoms with van der Waals surface area (Å²) in [4.78, 5) is 24.3. The Morgan fingerprint density at radius 3 is 2.65 bits per heavy atom. The summed E-state index contributed by atoms with van der Waals surface area (Å²) in [6.45, 7) is 1.75. The highest BCUT2D eigenvalue weighted by molar-refractivity contribution is 5.95. The number of hydrogen-bond acceptors (Lipinski definition) is 5. The SMILES string of the molecule is Cc1[nH]n(-c2ccc3c(c2)CCCC3)c(=O)c1N=Nc1cccc(C2=CCC(C(=O)O)=C2)c1O. The number of aromatic hydroxyl groups is 1. The first-order valence-corrected chi connectivity index (χ1v) is 11.2. The summed E-state index contributed by atoms with van der Waals surface area (Å²) in [5.74, 6) is -1.11. The number of azo groups is 1. The molecular formula is C26H24N4O4. The first-order valence-electron chi connectivity index (χ1n) is 11.2. The van der Waals surface area contributed by atoms with Crippen LogP contribution in [0.2, 0.25) is 0 Å². The van der Waals surface area contributed by atoms with Crippen molar-refractivity contribution in [2.24, 2.45) is 10.2 Å². The molecule has 8 nitrogen and oxygen atoms in total. The average molecular weight is 457 g/mol. The lowest BCUT2D eigenvalue weighted by atomic mass is 9.91. The molecule has 3 aromatic rings. The van der Waals surface area contributed by atoms with Crippen molar-refractivity contribution in [2.45, 2.75) is 39.0 Å². The molecular weight excluding hydrogens is 432 g/mol. The maximum Gasteiger partial charge on any atom is 0.331 e. The van der Waals surface area contributed by atoms with Gasteiger partial charge in [-0.15, -0.1) is 10.2 Å². The molecule has 0 saturated carbocycles. The van der Waals surface area contributed by atoms with E-state index in [1.165, 1.54) is 28.3 Å². The van der Waals surface area contributed by atoms with Gasteiger partial charge in [-0.25, -0.2) is 9.48 Å². The molecule has 3 N–H and O–H groups in total. The molecule has 0 amide bonds. The van der Waals surface area contributed by atoms with Gasteiger partial charge < -0.3 is 10.2 Å². The van der Waals surface area contributed by atoms with E-state index in [0.717, 1.165) is 24.9 Å². The molecule has 0 atom stereocenters. The van der Waals surface area contributed by atoms with Crippen molar-refractivity contribution in [1.29, 1.82) is 0 Å².